The molecule has 1 atom stereocenters. The lowest BCUT2D eigenvalue weighted by Crippen LogP contribution is -2.47. The van der Waals surface area contributed by atoms with Gasteiger partial charge in [0.15, 0.2) is 0 Å². The Morgan fingerprint density at radius 2 is 1.58 bits per heavy atom. The van der Waals surface area contributed by atoms with Crippen molar-refractivity contribution in [2.75, 3.05) is 44.2 Å². The first-order valence-electron chi connectivity index (χ1n) is 12.1. The third-order valence-corrected chi connectivity index (χ3v) is 6.93. The number of amides is 2. The quantitative estimate of drug-likeness (QED) is 0.707. The molecule has 2 heterocycles. The molecule has 2 amide bonds. The van der Waals surface area contributed by atoms with Gasteiger partial charge in [-0.25, -0.2) is 0 Å². The fraction of sp³-hybridized carbons (Fsp3) is 0.481. The van der Waals surface area contributed by atoms with E-state index in [0.29, 0.717) is 19.0 Å². The van der Waals surface area contributed by atoms with Gasteiger partial charge in [-0.3, -0.25) is 9.59 Å². The number of carbonyl (C=O) groups excluding carboxylic acids is 2. The van der Waals surface area contributed by atoms with Gasteiger partial charge in [-0.15, -0.1) is 0 Å². The molecule has 2 fully saturated rings. The van der Waals surface area contributed by atoms with E-state index in [9.17, 15) is 9.59 Å². The third kappa shape index (κ3) is 6.35. The molecule has 4 rings (SSSR count). The highest BCUT2D eigenvalue weighted by atomic mass is 16.2. The van der Waals surface area contributed by atoms with Gasteiger partial charge in [0.05, 0.1) is 13.1 Å². The lowest BCUT2D eigenvalue weighted by atomic mass is 9.90. The van der Waals surface area contributed by atoms with Gasteiger partial charge in [0, 0.05) is 37.9 Å². The Kier molecular flexibility index (Phi) is 7.65. The van der Waals surface area contributed by atoms with E-state index in [-0.39, 0.29) is 30.9 Å². The van der Waals surface area contributed by atoms with Crippen molar-refractivity contribution in [1.82, 2.24) is 9.80 Å². The fourth-order valence-electron chi connectivity index (χ4n) is 4.94. The fourth-order valence-corrected chi connectivity index (χ4v) is 4.94. The summed E-state index contributed by atoms with van der Waals surface area (Å²) in [5.74, 6) is 0.754. The van der Waals surface area contributed by atoms with Gasteiger partial charge in [0.25, 0.3) is 0 Å². The van der Waals surface area contributed by atoms with E-state index in [2.05, 4.69) is 24.3 Å². The van der Waals surface area contributed by atoms with Crippen LogP contribution in [0.1, 0.15) is 30.4 Å². The molecule has 0 radical (unpaired) electrons. The van der Waals surface area contributed by atoms with E-state index >= 15 is 0 Å². The van der Waals surface area contributed by atoms with Crippen LogP contribution in [0.2, 0.25) is 0 Å². The molecule has 2 N–H and O–H groups in total. The molecule has 2 saturated heterocycles. The number of likely N-dealkylation sites (tertiary alicyclic amines) is 2. The van der Waals surface area contributed by atoms with E-state index in [1.165, 1.54) is 5.56 Å². The number of rotatable bonds is 7. The van der Waals surface area contributed by atoms with Crippen molar-refractivity contribution >= 4 is 17.5 Å². The summed E-state index contributed by atoms with van der Waals surface area (Å²) in [7, 11) is 0. The topological polar surface area (TPSA) is 69.9 Å². The van der Waals surface area contributed by atoms with Crippen molar-refractivity contribution in [3.8, 4) is 0 Å². The van der Waals surface area contributed by atoms with Gasteiger partial charge in [-0.2, -0.15) is 0 Å². The Morgan fingerprint density at radius 1 is 0.909 bits per heavy atom. The normalized spacial score (nSPS) is 19.0. The van der Waals surface area contributed by atoms with Gasteiger partial charge in [0.1, 0.15) is 0 Å². The molecule has 2 aromatic carbocycles. The number of nitrogens with two attached hydrogens (primary N) is 1. The second-order valence-electron chi connectivity index (χ2n) is 9.60. The first-order valence-corrected chi connectivity index (χ1v) is 12.1. The van der Waals surface area contributed by atoms with E-state index in [0.717, 1.165) is 50.0 Å². The largest absolute Gasteiger partial charge is 0.353 e. The molecule has 6 nitrogen and oxygen atoms in total. The Labute approximate surface area is 197 Å². The van der Waals surface area contributed by atoms with Crippen LogP contribution in [-0.4, -0.2) is 66.9 Å². The summed E-state index contributed by atoms with van der Waals surface area (Å²) in [5.41, 5.74) is 9.39. The number of aryl methyl sites for hydroxylation is 1. The summed E-state index contributed by atoms with van der Waals surface area (Å²) in [6, 6.07) is 18.7. The minimum atomic E-state index is 0.0406. The molecule has 176 valence electrons. The zero-order valence-corrected chi connectivity index (χ0v) is 19.7. The predicted molar refractivity (Wildman–Crippen MR) is 132 cm³/mol. The number of benzene rings is 2. The van der Waals surface area contributed by atoms with Crippen LogP contribution >= 0.6 is 0 Å². The second-order valence-corrected chi connectivity index (χ2v) is 9.60. The van der Waals surface area contributed by atoms with Crippen LogP contribution in [-0.2, 0) is 16.0 Å². The molecule has 0 aliphatic carbocycles. The molecular weight excluding hydrogens is 412 g/mol. The van der Waals surface area contributed by atoms with Crippen LogP contribution in [0.25, 0.3) is 0 Å². The summed E-state index contributed by atoms with van der Waals surface area (Å²) in [6.07, 6.45) is 3.96. The zero-order chi connectivity index (χ0) is 23.2. The molecule has 2 aliphatic rings. The van der Waals surface area contributed by atoms with Crippen LogP contribution in [0.5, 0.6) is 0 Å². The smallest absolute Gasteiger partial charge is 0.242 e. The summed E-state index contributed by atoms with van der Waals surface area (Å²) in [6.45, 7) is 5.32. The molecule has 1 unspecified atom stereocenters. The van der Waals surface area contributed by atoms with Gasteiger partial charge in [-0.05, 0) is 61.8 Å². The predicted octanol–water partition coefficient (Wildman–Crippen LogP) is 2.84. The van der Waals surface area contributed by atoms with Crippen molar-refractivity contribution < 1.29 is 9.59 Å². The van der Waals surface area contributed by atoms with Gasteiger partial charge in [-0.1, -0.05) is 42.5 Å². The molecule has 6 heteroatoms. The number of hydrogen-bond donors (Lipinski definition) is 1. The molecule has 0 saturated carbocycles. The molecular formula is C27H36N4O2. The lowest BCUT2D eigenvalue weighted by molar-refractivity contribution is -0.131. The monoisotopic (exact) mass is 448 g/mol. The van der Waals surface area contributed by atoms with Gasteiger partial charge in [0.2, 0.25) is 11.8 Å². The molecule has 0 bridgehead atoms. The lowest BCUT2D eigenvalue weighted by Gasteiger charge is -2.34. The van der Waals surface area contributed by atoms with Crippen molar-refractivity contribution in [3.63, 3.8) is 0 Å². The standard InChI is InChI=1S/C27H36N4O2/c1-21-6-5-9-25(16-21)31(20-27(33)30-15-12-24(28)18-30)19-26(32)29-13-10-23(11-14-29)17-22-7-3-2-4-8-22/h2-9,16,23-24H,10-15,17-20,28H2,1H3. The summed E-state index contributed by atoms with van der Waals surface area (Å²) < 4.78 is 0. The van der Waals surface area contributed by atoms with Crippen LogP contribution in [0.3, 0.4) is 0 Å². The summed E-state index contributed by atoms with van der Waals surface area (Å²) in [5, 5.41) is 0. The number of piperidine rings is 1. The Bertz CT molecular complexity index is 940. The number of carbonyl (C=O) groups is 2. The molecule has 2 aliphatic heterocycles. The van der Waals surface area contributed by atoms with Crippen molar-refractivity contribution in [2.24, 2.45) is 11.7 Å². The highest BCUT2D eigenvalue weighted by Gasteiger charge is 2.28. The van der Waals surface area contributed by atoms with Crippen molar-refractivity contribution in [2.45, 2.75) is 38.6 Å². The van der Waals surface area contributed by atoms with E-state index in [4.69, 9.17) is 5.73 Å². The molecule has 33 heavy (non-hydrogen) atoms. The number of hydrogen-bond acceptors (Lipinski definition) is 4. The minimum Gasteiger partial charge on any atom is -0.353 e. The van der Waals surface area contributed by atoms with Crippen LogP contribution in [0.4, 0.5) is 5.69 Å². The van der Waals surface area contributed by atoms with Crippen LogP contribution in [0, 0.1) is 12.8 Å². The minimum absolute atomic E-state index is 0.0406. The Balaban J connectivity index is 1.36. The average molecular weight is 449 g/mol. The first-order chi connectivity index (χ1) is 16.0. The van der Waals surface area contributed by atoms with E-state index < -0.39 is 0 Å². The SMILES string of the molecule is Cc1cccc(N(CC(=O)N2CCC(Cc3ccccc3)CC2)CC(=O)N2CCC(N)C2)c1. The first kappa shape index (κ1) is 23.3. The maximum atomic E-state index is 13.2. The number of anilines is 1. The van der Waals surface area contributed by atoms with Crippen LogP contribution in [0.15, 0.2) is 54.6 Å². The second kappa shape index (κ2) is 10.8. The van der Waals surface area contributed by atoms with Crippen LogP contribution < -0.4 is 10.6 Å². The van der Waals surface area contributed by atoms with Crippen molar-refractivity contribution in [3.05, 3.63) is 65.7 Å². The molecule has 0 spiro atoms. The average Bonchev–Trinajstić information content (AvgIpc) is 3.26. The maximum Gasteiger partial charge on any atom is 0.242 e. The van der Waals surface area contributed by atoms with Crippen molar-refractivity contribution in [1.29, 1.82) is 0 Å². The Morgan fingerprint density at radius 3 is 2.21 bits per heavy atom. The Hall–Kier alpha value is -2.86. The summed E-state index contributed by atoms with van der Waals surface area (Å²) >= 11 is 0. The number of nitrogens with zero attached hydrogens (tertiary/aromatic N) is 3. The zero-order valence-electron chi connectivity index (χ0n) is 19.7. The highest BCUT2D eigenvalue weighted by Crippen LogP contribution is 2.23. The van der Waals surface area contributed by atoms with Gasteiger partial charge < -0.3 is 20.4 Å². The van der Waals surface area contributed by atoms with Gasteiger partial charge >= 0.3 is 0 Å². The molecule has 0 aromatic heterocycles. The van der Waals surface area contributed by atoms with E-state index in [1.807, 2.05) is 52.0 Å². The third-order valence-electron chi connectivity index (χ3n) is 6.93. The van der Waals surface area contributed by atoms with E-state index in [1.54, 1.807) is 0 Å². The summed E-state index contributed by atoms with van der Waals surface area (Å²) in [4.78, 5) is 31.9. The molecule has 2 aromatic rings. The highest BCUT2D eigenvalue weighted by molar-refractivity contribution is 5.86. The maximum absolute atomic E-state index is 13.2.